The summed E-state index contributed by atoms with van der Waals surface area (Å²) in [5, 5.41) is 2.78. The van der Waals surface area contributed by atoms with Gasteiger partial charge in [0.15, 0.2) is 0 Å². The molecule has 0 unspecified atom stereocenters. The standard InChI is InChI=1S/C56H53NS/c1-53(2,3)36-31-43-41-29-30-42-49-45(56(9,10)50(42)52(41)58-51(43)47(32-36)54(4,5)6)21-16-22-48(49)57(37-25-23-35(24-26-37)34-17-12-11-13-18-34)38-27-28-40-39-19-14-15-20-44(39)55(7,8)46(40)33-38/h11-33H,1-10H3. The molecule has 2 aliphatic carbocycles. The summed E-state index contributed by atoms with van der Waals surface area (Å²) in [6.45, 7) is 23.8. The maximum atomic E-state index is 2.53. The highest BCUT2D eigenvalue weighted by Gasteiger charge is 2.41. The predicted octanol–water partition coefficient (Wildman–Crippen LogP) is 16.4. The van der Waals surface area contributed by atoms with E-state index in [0.29, 0.717) is 0 Å². The fraction of sp³-hybridized carbons (Fsp3) is 0.250. The number of benzene rings is 7. The summed E-state index contributed by atoms with van der Waals surface area (Å²) in [6, 6.07) is 52.9. The molecule has 0 N–H and O–H groups in total. The van der Waals surface area contributed by atoms with Crippen molar-refractivity contribution in [1.82, 2.24) is 0 Å². The van der Waals surface area contributed by atoms with E-state index in [-0.39, 0.29) is 21.7 Å². The number of nitrogens with zero attached hydrogens (tertiary/aromatic N) is 1. The topological polar surface area (TPSA) is 3.24 Å². The van der Waals surface area contributed by atoms with Gasteiger partial charge in [-0.05, 0) is 108 Å². The Bertz CT molecular complexity index is 2940. The maximum Gasteiger partial charge on any atom is 0.0543 e. The molecule has 0 saturated heterocycles. The summed E-state index contributed by atoms with van der Waals surface area (Å²) in [4.78, 5) is 2.53. The van der Waals surface area contributed by atoms with E-state index in [1.165, 1.54) is 98.3 Å². The third kappa shape index (κ3) is 5.41. The van der Waals surface area contributed by atoms with Crippen LogP contribution in [-0.4, -0.2) is 0 Å². The van der Waals surface area contributed by atoms with Crippen LogP contribution < -0.4 is 4.90 Å². The highest BCUT2D eigenvalue weighted by molar-refractivity contribution is 7.26. The van der Waals surface area contributed by atoms with Crippen molar-refractivity contribution < 1.29 is 0 Å². The molecule has 1 aromatic heterocycles. The monoisotopic (exact) mass is 771 g/mol. The molecule has 288 valence electrons. The van der Waals surface area contributed by atoms with Gasteiger partial charge in [0, 0.05) is 47.9 Å². The molecule has 7 aromatic carbocycles. The number of fused-ring (bicyclic) bond motifs is 10. The molecular formula is C56H53NS. The summed E-state index contributed by atoms with van der Waals surface area (Å²) in [5.74, 6) is 0. The quantitative estimate of drug-likeness (QED) is 0.172. The molecule has 0 aliphatic heterocycles. The molecular weight excluding hydrogens is 719 g/mol. The molecule has 0 bridgehead atoms. The van der Waals surface area contributed by atoms with E-state index in [1.54, 1.807) is 0 Å². The lowest BCUT2D eigenvalue weighted by atomic mass is 9.79. The Hall–Kier alpha value is -5.44. The molecule has 0 atom stereocenters. The van der Waals surface area contributed by atoms with Crippen LogP contribution in [0.5, 0.6) is 0 Å². The molecule has 0 spiro atoms. The summed E-state index contributed by atoms with van der Waals surface area (Å²) >= 11 is 2.01. The summed E-state index contributed by atoms with van der Waals surface area (Å²) in [5.41, 5.74) is 19.6. The van der Waals surface area contributed by atoms with E-state index < -0.39 is 0 Å². The van der Waals surface area contributed by atoms with Crippen LogP contribution in [0, 0.1) is 0 Å². The fourth-order valence-electron chi connectivity index (χ4n) is 10.1. The number of thiophene rings is 1. The van der Waals surface area contributed by atoms with Crippen LogP contribution in [0.1, 0.15) is 103 Å². The van der Waals surface area contributed by atoms with Crippen molar-refractivity contribution in [1.29, 1.82) is 0 Å². The number of hydrogen-bond acceptors (Lipinski definition) is 2. The van der Waals surface area contributed by atoms with Gasteiger partial charge >= 0.3 is 0 Å². The lowest BCUT2D eigenvalue weighted by molar-refractivity contribution is 0.573. The van der Waals surface area contributed by atoms with Crippen molar-refractivity contribution in [2.45, 2.75) is 90.9 Å². The molecule has 8 aromatic rings. The Balaban J connectivity index is 1.21. The van der Waals surface area contributed by atoms with Crippen molar-refractivity contribution in [2.24, 2.45) is 0 Å². The lowest BCUT2D eigenvalue weighted by Gasteiger charge is -2.30. The van der Waals surface area contributed by atoms with Gasteiger partial charge in [-0.2, -0.15) is 0 Å². The van der Waals surface area contributed by atoms with Crippen molar-refractivity contribution >= 4 is 48.6 Å². The van der Waals surface area contributed by atoms with E-state index in [4.69, 9.17) is 0 Å². The van der Waals surface area contributed by atoms with Crippen LogP contribution in [0.2, 0.25) is 0 Å². The van der Waals surface area contributed by atoms with Crippen LogP contribution in [0.3, 0.4) is 0 Å². The molecule has 0 radical (unpaired) electrons. The molecule has 0 amide bonds. The van der Waals surface area contributed by atoms with E-state index in [0.717, 1.165) is 5.69 Å². The first-order valence-electron chi connectivity index (χ1n) is 20.9. The van der Waals surface area contributed by atoms with Gasteiger partial charge in [0.2, 0.25) is 0 Å². The van der Waals surface area contributed by atoms with Crippen LogP contribution in [0.25, 0.3) is 53.6 Å². The number of hydrogen-bond donors (Lipinski definition) is 0. The Kier molecular flexibility index (Phi) is 7.97. The minimum absolute atomic E-state index is 0.0254. The zero-order valence-electron chi connectivity index (χ0n) is 35.6. The van der Waals surface area contributed by atoms with E-state index in [9.17, 15) is 0 Å². The Morgan fingerprint density at radius 2 is 1.10 bits per heavy atom. The molecule has 0 fully saturated rings. The van der Waals surface area contributed by atoms with Gasteiger partial charge < -0.3 is 4.90 Å². The third-order valence-electron chi connectivity index (χ3n) is 13.3. The lowest BCUT2D eigenvalue weighted by Crippen LogP contribution is -2.17. The molecule has 0 saturated carbocycles. The molecule has 1 heterocycles. The zero-order chi connectivity index (χ0) is 40.5. The second kappa shape index (κ2) is 12.5. The molecule has 10 rings (SSSR count). The Morgan fingerprint density at radius 3 is 1.83 bits per heavy atom. The number of rotatable bonds is 4. The summed E-state index contributed by atoms with van der Waals surface area (Å²) < 4.78 is 2.85. The van der Waals surface area contributed by atoms with Crippen molar-refractivity contribution in [2.75, 3.05) is 4.90 Å². The van der Waals surface area contributed by atoms with Gasteiger partial charge in [-0.3, -0.25) is 0 Å². The van der Waals surface area contributed by atoms with Crippen molar-refractivity contribution in [3.63, 3.8) is 0 Å². The van der Waals surface area contributed by atoms with Gasteiger partial charge in [-0.1, -0.05) is 172 Å². The van der Waals surface area contributed by atoms with Crippen LogP contribution in [0.15, 0.2) is 140 Å². The fourth-order valence-corrected chi connectivity index (χ4v) is 11.8. The smallest absolute Gasteiger partial charge is 0.0543 e. The van der Waals surface area contributed by atoms with Crippen LogP contribution >= 0.6 is 11.3 Å². The first-order valence-corrected chi connectivity index (χ1v) is 21.8. The van der Waals surface area contributed by atoms with Gasteiger partial charge in [0.1, 0.15) is 0 Å². The number of anilines is 3. The minimum atomic E-state index is -0.194. The van der Waals surface area contributed by atoms with Gasteiger partial charge in [-0.15, -0.1) is 11.3 Å². The van der Waals surface area contributed by atoms with Gasteiger partial charge in [-0.25, -0.2) is 0 Å². The molecule has 2 heteroatoms. The van der Waals surface area contributed by atoms with Crippen molar-refractivity contribution in [3.8, 4) is 33.4 Å². The third-order valence-corrected chi connectivity index (χ3v) is 14.6. The van der Waals surface area contributed by atoms with E-state index in [1.807, 2.05) is 11.3 Å². The average Bonchev–Trinajstić information content (AvgIpc) is 3.77. The normalized spacial score (nSPS) is 15.0. The minimum Gasteiger partial charge on any atom is -0.310 e. The van der Waals surface area contributed by atoms with E-state index >= 15 is 0 Å². The first kappa shape index (κ1) is 36.9. The SMILES string of the molecule is CC(C)(C)c1cc(C(C)(C)C)c2sc3c4c(ccc3c2c1)-c1c(N(c2ccc(-c3ccccc3)cc2)c2ccc3c(c2)C(C)(C)c2ccccc2-3)cccc1C4(C)C. The average molecular weight is 772 g/mol. The van der Waals surface area contributed by atoms with Crippen LogP contribution in [-0.2, 0) is 21.7 Å². The zero-order valence-corrected chi connectivity index (χ0v) is 36.5. The van der Waals surface area contributed by atoms with Crippen LogP contribution in [0.4, 0.5) is 17.1 Å². The summed E-state index contributed by atoms with van der Waals surface area (Å²) in [7, 11) is 0. The highest BCUT2D eigenvalue weighted by atomic mass is 32.1. The largest absolute Gasteiger partial charge is 0.310 e. The van der Waals surface area contributed by atoms with Gasteiger partial charge in [0.05, 0.1) is 5.69 Å². The van der Waals surface area contributed by atoms with E-state index in [2.05, 4.69) is 214 Å². The molecule has 58 heavy (non-hydrogen) atoms. The summed E-state index contributed by atoms with van der Waals surface area (Å²) in [6.07, 6.45) is 0. The second-order valence-corrected chi connectivity index (χ2v) is 20.9. The second-order valence-electron chi connectivity index (χ2n) is 19.8. The molecule has 1 nitrogen and oxygen atoms in total. The Morgan fingerprint density at radius 1 is 0.466 bits per heavy atom. The van der Waals surface area contributed by atoms with Crippen molar-refractivity contribution in [3.05, 3.63) is 173 Å². The van der Waals surface area contributed by atoms with Gasteiger partial charge in [0.25, 0.3) is 0 Å². The maximum absolute atomic E-state index is 2.53. The molecule has 2 aliphatic rings. The predicted molar refractivity (Wildman–Crippen MR) is 252 cm³/mol. The highest BCUT2D eigenvalue weighted by Crippen LogP contribution is 2.59. The first-order chi connectivity index (χ1) is 27.5. The Labute approximate surface area is 349 Å².